The maximum atomic E-state index is 11.2. The van der Waals surface area contributed by atoms with Crippen LogP contribution in [0.3, 0.4) is 0 Å². The first-order valence-electron chi connectivity index (χ1n) is 4.22. The van der Waals surface area contributed by atoms with Crippen LogP contribution in [0.2, 0.25) is 0 Å². The standard InChI is InChI=1S/C7H14N2O6/c10-3-1-9(2-4-11)7(14)8-15-5-6(12)13/h10-11H,1-5H2,(H,8,14)(H,12,13). The molecule has 0 fully saturated rings. The van der Waals surface area contributed by atoms with Gasteiger partial charge in [-0.25, -0.2) is 15.1 Å². The number of carboxylic acid groups (broad SMARTS) is 1. The van der Waals surface area contributed by atoms with Crippen molar-refractivity contribution in [2.75, 3.05) is 32.9 Å². The third-order valence-electron chi connectivity index (χ3n) is 1.38. The fourth-order valence-corrected chi connectivity index (χ4v) is 0.780. The number of hydrogen-bond acceptors (Lipinski definition) is 5. The van der Waals surface area contributed by atoms with Crippen molar-refractivity contribution in [3.63, 3.8) is 0 Å². The first kappa shape index (κ1) is 13.6. The summed E-state index contributed by atoms with van der Waals surface area (Å²) in [6, 6.07) is -0.709. The van der Waals surface area contributed by atoms with E-state index in [-0.39, 0.29) is 26.3 Å². The molecule has 0 spiro atoms. The normalized spacial score (nSPS) is 9.73. The van der Waals surface area contributed by atoms with Gasteiger partial charge in [-0.15, -0.1) is 0 Å². The van der Waals surface area contributed by atoms with E-state index in [4.69, 9.17) is 15.3 Å². The lowest BCUT2D eigenvalue weighted by Gasteiger charge is -2.20. The van der Waals surface area contributed by atoms with Gasteiger partial charge < -0.3 is 20.2 Å². The number of hydroxylamine groups is 1. The number of urea groups is 1. The Balaban J connectivity index is 3.85. The van der Waals surface area contributed by atoms with Gasteiger partial charge >= 0.3 is 12.0 Å². The molecule has 2 amide bonds. The van der Waals surface area contributed by atoms with Crippen LogP contribution in [0.4, 0.5) is 4.79 Å². The van der Waals surface area contributed by atoms with Crippen LogP contribution >= 0.6 is 0 Å². The van der Waals surface area contributed by atoms with E-state index in [9.17, 15) is 9.59 Å². The molecule has 8 heteroatoms. The molecule has 0 saturated heterocycles. The van der Waals surface area contributed by atoms with Crippen LogP contribution in [-0.4, -0.2) is 65.1 Å². The van der Waals surface area contributed by atoms with E-state index in [2.05, 4.69) is 4.84 Å². The molecule has 0 heterocycles. The zero-order valence-corrected chi connectivity index (χ0v) is 8.05. The lowest BCUT2D eigenvalue weighted by atomic mass is 10.5. The molecule has 0 saturated carbocycles. The lowest BCUT2D eigenvalue weighted by Crippen LogP contribution is -2.43. The maximum absolute atomic E-state index is 11.2. The van der Waals surface area contributed by atoms with Crippen LogP contribution in [0, 0.1) is 0 Å². The summed E-state index contributed by atoms with van der Waals surface area (Å²) in [7, 11) is 0. The van der Waals surface area contributed by atoms with Crippen molar-refractivity contribution in [3.8, 4) is 0 Å². The number of hydrogen-bond donors (Lipinski definition) is 4. The zero-order chi connectivity index (χ0) is 11.7. The molecule has 88 valence electrons. The molecule has 0 unspecified atom stereocenters. The summed E-state index contributed by atoms with van der Waals surface area (Å²) < 4.78 is 0. The summed E-state index contributed by atoms with van der Waals surface area (Å²) >= 11 is 0. The molecule has 0 aliphatic rings. The molecule has 0 aliphatic heterocycles. The zero-order valence-electron chi connectivity index (χ0n) is 8.05. The Morgan fingerprint density at radius 3 is 2.13 bits per heavy atom. The van der Waals surface area contributed by atoms with Gasteiger partial charge in [-0.3, -0.25) is 4.84 Å². The summed E-state index contributed by atoms with van der Waals surface area (Å²) in [5, 5.41) is 25.4. The molecule has 0 atom stereocenters. The van der Waals surface area contributed by atoms with Gasteiger partial charge in [0.25, 0.3) is 0 Å². The van der Waals surface area contributed by atoms with Gasteiger partial charge in [0.05, 0.1) is 13.2 Å². The van der Waals surface area contributed by atoms with Crippen LogP contribution in [0.15, 0.2) is 0 Å². The summed E-state index contributed by atoms with van der Waals surface area (Å²) in [5.74, 6) is -1.22. The summed E-state index contributed by atoms with van der Waals surface area (Å²) in [6.45, 7) is -1.11. The summed E-state index contributed by atoms with van der Waals surface area (Å²) in [6.07, 6.45) is 0. The van der Waals surface area contributed by atoms with Gasteiger partial charge in [-0.2, -0.15) is 0 Å². The number of aliphatic carboxylic acids is 1. The molecule has 0 radical (unpaired) electrons. The van der Waals surface area contributed by atoms with Crippen LogP contribution in [-0.2, 0) is 9.63 Å². The van der Waals surface area contributed by atoms with Crippen molar-refractivity contribution >= 4 is 12.0 Å². The van der Waals surface area contributed by atoms with E-state index in [0.29, 0.717) is 0 Å². The predicted molar refractivity (Wildman–Crippen MR) is 47.9 cm³/mol. The highest BCUT2D eigenvalue weighted by molar-refractivity contribution is 5.73. The van der Waals surface area contributed by atoms with E-state index in [0.717, 1.165) is 4.90 Å². The first-order valence-corrected chi connectivity index (χ1v) is 4.22. The first-order chi connectivity index (χ1) is 7.11. The molecule has 0 aromatic carbocycles. The minimum absolute atomic E-state index is 0.0306. The van der Waals surface area contributed by atoms with Crippen LogP contribution in [0.5, 0.6) is 0 Å². The Labute approximate surface area is 86.0 Å². The van der Waals surface area contributed by atoms with Gasteiger partial charge in [0.2, 0.25) is 0 Å². The Morgan fingerprint density at radius 2 is 1.73 bits per heavy atom. The van der Waals surface area contributed by atoms with Gasteiger partial charge in [0.1, 0.15) is 0 Å². The second kappa shape index (κ2) is 7.97. The molecule has 4 N–H and O–H groups in total. The van der Waals surface area contributed by atoms with Gasteiger partial charge in [-0.1, -0.05) is 0 Å². The number of rotatable bonds is 7. The maximum Gasteiger partial charge on any atom is 0.341 e. The van der Waals surface area contributed by atoms with E-state index >= 15 is 0 Å². The van der Waals surface area contributed by atoms with Gasteiger partial charge in [-0.05, 0) is 0 Å². The lowest BCUT2D eigenvalue weighted by molar-refractivity contribution is -0.144. The second-order valence-corrected chi connectivity index (χ2v) is 2.52. The number of carbonyl (C=O) groups is 2. The SMILES string of the molecule is O=C(O)CONC(=O)N(CCO)CCO. The largest absolute Gasteiger partial charge is 0.479 e. The fourth-order valence-electron chi connectivity index (χ4n) is 0.780. The number of carbonyl (C=O) groups excluding carboxylic acids is 1. The molecular weight excluding hydrogens is 208 g/mol. The Morgan fingerprint density at radius 1 is 1.20 bits per heavy atom. The average molecular weight is 222 g/mol. The van der Waals surface area contributed by atoms with Crippen LogP contribution < -0.4 is 5.48 Å². The Kier molecular flexibility index (Phi) is 7.24. The minimum atomic E-state index is -1.22. The van der Waals surface area contributed by atoms with E-state index in [1.54, 1.807) is 0 Å². The van der Waals surface area contributed by atoms with E-state index < -0.39 is 18.6 Å². The summed E-state index contributed by atoms with van der Waals surface area (Å²) in [4.78, 5) is 26.6. The highest BCUT2D eigenvalue weighted by Crippen LogP contribution is 1.88. The van der Waals surface area contributed by atoms with Crippen molar-refractivity contribution < 1.29 is 29.7 Å². The Hall–Kier alpha value is -1.38. The van der Waals surface area contributed by atoms with Crippen molar-refractivity contribution in [2.24, 2.45) is 0 Å². The highest BCUT2D eigenvalue weighted by Gasteiger charge is 2.12. The van der Waals surface area contributed by atoms with E-state index in [1.165, 1.54) is 0 Å². The van der Waals surface area contributed by atoms with Crippen molar-refractivity contribution in [1.82, 2.24) is 10.4 Å². The third-order valence-corrected chi connectivity index (χ3v) is 1.38. The van der Waals surface area contributed by atoms with Crippen molar-refractivity contribution in [2.45, 2.75) is 0 Å². The molecule has 0 rings (SSSR count). The number of nitrogens with zero attached hydrogens (tertiary/aromatic N) is 1. The highest BCUT2D eigenvalue weighted by atomic mass is 16.7. The molecule has 8 nitrogen and oxygen atoms in total. The molecular formula is C7H14N2O6. The van der Waals surface area contributed by atoms with Gasteiger partial charge in [0.15, 0.2) is 6.61 Å². The Bertz CT molecular complexity index is 204. The number of carboxylic acids is 1. The van der Waals surface area contributed by atoms with Crippen LogP contribution in [0.1, 0.15) is 0 Å². The molecule has 0 aromatic rings. The number of aliphatic hydroxyl groups is 2. The fraction of sp³-hybridized carbons (Fsp3) is 0.714. The molecule has 0 bridgehead atoms. The average Bonchev–Trinajstić information content (AvgIpc) is 2.16. The summed E-state index contributed by atoms with van der Waals surface area (Å²) in [5.41, 5.74) is 1.87. The molecule has 15 heavy (non-hydrogen) atoms. The number of nitrogens with one attached hydrogen (secondary N) is 1. The smallest absolute Gasteiger partial charge is 0.341 e. The molecule has 0 aromatic heterocycles. The van der Waals surface area contributed by atoms with Crippen molar-refractivity contribution in [1.29, 1.82) is 0 Å². The van der Waals surface area contributed by atoms with E-state index in [1.807, 2.05) is 5.48 Å². The number of amides is 2. The monoisotopic (exact) mass is 222 g/mol. The third kappa shape index (κ3) is 6.66. The predicted octanol–water partition coefficient (Wildman–Crippen LogP) is -2.00. The number of aliphatic hydroxyl groups excluding tert-OH is 2. The quantitative estimate of drug-likeness (QED) is 0.370. The van der Waals surface area contributed by atoms with Crippen molar-refractivity contribution in [3.05, 3.63) is 0 Å². The molecule has 0 aliphatic carbocycles. The van der Waals surface area contributed by atoms with Gasteiger partial charge in [0, 0.05) is 13.1 Å². The van der Waals surface area contributed by atoms with Crippen LogP contribution in [0.25, 0.3) is 0 Å². The second-order valence-electron chi connectivity index (χ2n) is 2.52. The topological polar surface area (TPSA) is 119 Å². The minimum Gasteiger partial charge on any atom is -0.479 e.